The van der Waals surface area contributed by atoms with E-state index >= 15 is 0 Å². The predicted octanol–water partition coefficient (Wildman–Crippen LogP) is 5.64. The number of hydrogen-bond acceptors (Lipinski definition) is 5. The monoisotopic (exact) mass is 423 g/mol. The molecule has 0 spiro atoms. The third kappa shape index (κ3) is 3.00. The van der Waals surface area contributed by atoms with E-state index in [1.807, 2.05) is 75.4 Å². The molecule has 0 saturated carbocycles. The number of hydrogen-bond donors (Lipinski definition) is 0. The molecular formula is C24H26NO4P. The van der Waals surface area contributed by atoms with Gasteiger partial charge in [-0.3, -0.25) is 4.98 Å². The zero-order valence-corrected chi connectivity index (χ0v) is 18.8. The van der Waals surface area contributed by atoms with Gasteiger partial charge in [0, 0.05) is 16.9 Å². The number of rotatable bonds is 4. The van der Waals surface area contributed by atoms with Crippen LogP contribution in [0.25, 0.3) is 11.1 Å². The summed E-state index contributed by atoms with van der Waals surface area (Å²) in [5.41, 5.74) is 2.25. The maximum atomic E-state index is 14.9. The Balaban J connectivity index is 2.04. The summed E-state index contributed by atoms with van der Waals surface area (Å²) in [6.45, 7) is 6.00. The first-order valence-electron chi connectivity index (χ1n) is 9.85. The Hall–Kier alpha value is -2.78. The molecule has 0 bridgehead atoms. The van der Waals surface area contributed by atoms with E-state index < -0.39 is 18.1 Å². The molecule has 156 valence electrons. The lowest BCUT2D eigenvalue weighted by Crippen LogP contribution is -2.25. The number of benzene rings is 2. The van der Waals surface area contributed by atoms with Gasteiger partial charge in [-0.1, -0.05) is 45.0 Å². The summed E-state index contributed by atoms with van der Waals surface area (Å²) >= 11 is 0. The van der Waals surface area contributed by atoms with Crippen LogP contribution in [0.1, 0.15) is 32.3 Å². The van der Waals surface area contributed by atoms with Crippen molar-refractivity contribution in [3.63, 3.8) is 0 Å². The third-order valence-corrected chi connectivity index (χ3v) is 9.68. The molecule has 0 amide bonds. The van der Waals surface area contributed by atoms with Crippen LogP contribution in [0.5, 0.6) is 17.2 Å². The van der Waals surface area contributed by atoms with E-state index in [2.05, 4.69) is 4.98 Å². The van der Waals surface area contributed by atoms with Gasteiger partial charge in [-0.25, -0.2) is 0 Å². The summed E-state index contributed by atoms with van der Waals surface area (Å²) in [7, 11) is 0.111. The van der Waals surface area contributed by atoms with E-state index in [-0.39, 0.29) is 0 Å². The molecule has 30 heavy (non-hydrogen) atoms. The average Bonchev–Trinajstić information content (AvgIpc) is 3.08. The Bertz CT molecular complexity index is 1100. The zero-order chi connectivity index (χ0) is 21.5. The third-order valence-electron chi connectivity index (χ3n) is 5.53. The second-order valence-electron chi connectivity index (χ2n) is 8.24. The first-order chi connectivity index (χ1) is 14.3. The molecule has 2 atom stereocenters. The fourth-order valence-electron chi connectivity index (χ4n) is 4.05. The highest BCUT2D eigenvalue weighted by molar-refractivity contribution is 7.74. The molecule has 2 heterocycles. The Morgan fingerprint density at radius 1 is 0.933 bits per heavy atom. The molecular weight excluding hydrogens is 397 g/mol. The topological polar surface area (TPSA) is 57.7 Å². The first kappa shape index (κ1) is 20.5. The van der Waals surface area contributed by atoms with Crippen LogP contribution >= 0.6 is 7.14 Å². The number of pyridine rings is 1. The Morgan fingerprint density at radius 2 is 1.60 bits per heavy atom. The number of fused-ring (bicyclic) bond motifs is 1. The van der Waals surface area contributed by atoms with Crippen LogP contribution in [-0.2, 0) is 4.57 Å². The molecule has 0 fully saturated rings. The molecule has 0 aliphatic carbocycles. The predicted molar refractivity (Wildman–Crippen MR) is 120 cm³/mol. The van der Waals surface area contributed by atoms with Crippen molar-refractivity contribution in [1.29, 1.82) is 0 Å². The Morgan fingerprint density at radius 3 is 2.17 bits per heavy atom. The van der Waals surface area contributed by atoms with Crippen LogP contribution in [0.15, 0.2) is 60.8 Å². The molecule has 1 aliphatic heterocycles. The minimum absolute atomic E-state index is 0.550. The summed E-state index contributed by atoms with van der Waals surface area (Å²) in [6.07, 6.45) is 1.71. The molecule has 3 aromatic rings. The minimum Gasteiger partial charge on any atom is -0.496 e. The molecule has 5 nitrogen and oxygen atoms in total. The quantitative estimate of drug-likeness (QED) is 0.508. The van der Waals surface area contributed by atoms with Gasteiger partial charge >= 0.3 is 0 Å². The Kier molecular flexibility index (Phi) is 5.11. The van der Waals surface area contributed by atoms with Gasteiger partial charge in [-0.2, -0.15) is 0 Å². The lowest BCUT2D eigenvalue weighted by atomic mass is 10.0. The second kappa shape index (κ2) is 7.48. The van der Waals surface area contributed by atoms with Crippen LogP contribution in [0.4, 0.5) is 0 Å². The van der Waals surface area contributed by atoms with E-state index in [1.165, 1.54) is 0 Å². The molecule has 0 N–H and O–H groups in total. The van der Waals surface area contributed by atoms with Gasteiger partial charge < -0.3 is 18.8 Å². The van der Waals surface area contributed by atoms with Crippen molar-refractivity contribution in [2.45, 2.75) is 31.8 Å². The molecule has 4 rings (SSSR count). The van der Waals surface area contributed by atoms with Gasteiger partial charge in [0.1, 0.15) is 17.2 Å². The SMILES string of the molecule is COc1cccc(OC)c1-c1cccc2c1P(=O)(C(C)(C)C)C(c1ccccn1)O2. The molecule has 2 unspecified atom stereocenters. The van der Waals surface area contributed by atoms with Crippen molar-refractivity contribution >= 4 is 12.4 Å². The second-order valence-corrected chi connectivity index (χ2v) is 11.8. The fourth-order valence-corrected chi connectivity index (χ4v) is 7.44. The highest BCUT2D eigenvalue weighted by Gasteiger charge is 2.55. The van der Waals surface area contributed by atoms with Gasteiger partial charge in [0.05, 0.1) is 30.8 Å². The highest BCUT2D eigenvalue weighted by atomic mass is 31.2. The Labute approximate surface area is 177 Å². The lowest BCUT2D eigenvalue weighted by molar-refractivity contribution is 0.286. The minimum atomic E-state index is -3.14. The molecule has 2 aromatic carbocycles. The molecule has 1 aliphatic rings. The van der Waals surface area contributed by atoms with Gasteiger partial charge in [0.15, 0.2) is 13.0 Å². The average molecular weight is 423 g/mol. The summed E-state index contributed by atoms with van der Waals surface area (Å²) in [6, 6.07) is 17.0. The number of ether oxygens (including phenoxy) is 3. The number of aromatic nitrogens is 1. The van der Waals surface area contributed by atoms with Gasteiger partial charge in [0.25, 0.3) is 0 Å². The number of nitrogens with zero attached hydrogens (tertiary/aromatic N) is 1. The lowest BCUT2D eigenvalue weighted by Gasteiger charge is -2.32. The summed E-state index contributed by atoms with van der Waals surface area (Å²) < 4.78 is 32.6. The van der Waals surface area contributed by atoms with Crippen LogP contribution in [0.2, 0.25) is 0 Å². The van der Waals surface area contributed by atoms with Crippen LogP contribution in [0, 0.1) is 0 Å². The highest BCUT2D eigenvalue weighted by Crippen LogP contribution is 2.72. The molecule has 6 heteroatoms. The van der Waals surface area contributed by atoms with Crippen LogP contribution < -0.4 is 19.5 Å². The fraction of sp³-hybridized carbons (Fsp3) is 0.292. The van der Waals surface area contributed by atoms with Gasteiger partial charge in [0.2, 0.25) is 0 Å². The smallest absolute Gasteiger partial charge is 0.197 e. The van der Waals surface area contributed by atoms with Crippen molar-refractivity contribution in [3.05, 3.63) is 66.5 Å². The van der Waals surface area contributed by atoms with Gasteiger partial charge in [-0.15, -0.1) is 0 Å². The first-order valence-corrected chi connectivity index (χ1v) is 11.6. The van der Waals surface area contributed by atoms with E-state index in [0.29, 0.717) is 22.9 Å². The summed E-state index contributed by atoms with van der Waals surface area (Å²) in [5, 5.41) is 0.169. The normalized spacial score (nSPS) is 20.4. The molecule has 0 saturated heterocycles. The van der Waals surface area contributed by atoms with Crippen molar-refractivity contribution in [3.8, 4) is 28.4 Å². The van der Waals surface area contributed by atoms with Crippen molar-refractivity contribution in [1.82, 2.24) is 4.98 Å². The van der Waals surface area contributed by atoms with E-state index in [9.17, 15) is 4.57 Å². The summed E-state index contributed by atoms with van der Waals surface area (Å²) in [4.78, 5) is 4.48. The van der Waals surface area contributed by atoms with Crippen molar-refractivity contribution in [2.24, 2.45) is 0 Å². The van der Waals surface area contributed by atoms with Crippen LogP contribution in [0.3, 0.4) is 0 Å². The molecule has 0 radical (unpaired) electrons. The number of methoxy groups -OCH3 is 2. The van der Waals surface area contributed by atoms with E-state index in [1.54, 1.807) is 20.4 Å². The summed E-state index contributed by atoms with van der Waals surface area (Å²) in [5.74, 6) is 1.29. The van der Waals surface area contributed by atoms with Crippen LogP contribution in [-0.4, -0.2) is 24.4 Å². The maximum absolute atomic E-state index is 14.9. The van der Waals surface area contributed by atoms with Crippen molar-refractivity contribution in [2.75, 3.05) is 14.2 Å². The standard InChI is InChI=1S/C24H26NO4P/c1-24(2,3)30(26)22-16(21-18(27-4)12-9-13-19(21)28-5)10-8-14-20(22)29-23(30)17-11-6-7-15-25-17/h6-15,23H,1-5H3. The largest absolute Gasteiger partial charge is 0.496 e. The van der Waals surface area contributed by atoms with E-state index in [4.69, 9.17) is 14.2 Å². The van der Waals surface area contributed by atoms with E-state index in [0.717, 1.165) is 16.4 Å². The van der Waals surface area contributed by atoms with Gasteiger partial charge in [-0.05, 0) is 30.3 Å². The zero-order valence-electron chi connectivity index (χ0n) is 17.9. The maximum Gasteiger partial charge on any atom is 0.197 e. The van der Waals surface area contributed by atoms with Crippen molar-refractivity contribution < 1.29 is 18.8 Å². The molecule has 1 aromatic heterocycles.